The number of amides is 1. The zero-order valence-corrected chi connectivity index (χ0v) is 14.1. The Morgan fingerprint density at radius 1 is 0.920 bits per heavy atom. The average Bonchev–Trinajstić information content (AvgIpc) is 2.67. The summed E-state index contributed by atoms with van der Waals surface area (Å²) in [6, 6.07) is 11.1. The molecule has 2 N–H and O–H groups in total. The molecule has 2 aromatic heterocycles. The third kappa shape index (κ3) is 4.99. The van der Waals surface area contributed by atoms with Crippen molar-refractivity contribution in [1.29, 1.82) is 0 Å². The molecule has 0 aliphatic carbocycles. The summed E-state index contributed by atoms with van der Waals surface area (Å²) in [4.78, 5) is 24.4. The molecule has 0 saturated heterocycles. The smallest absolute Gasteiger partial charge is 0.271 e. The van der Waals surface area contributed by atoms with Crippen molar-refractivity contribution in [2.24, 2.45) is 0 Å². The SMILES string of the molecule is O=C(NCc1ccc(Cl)cc1)c1cnc(NCc2ccncc2)cn1. The van der Waals surface area contributed by atoms with Crippen LogP contribution >= 0.6 is 11.6 Å². The van der Waals surface area contributed by atoms with Crippen LogP contribution in [0.25, 0.3) is 0 Å². The Kier molecular flexibility index (Phi) is 5.53. The normalized spacial score (nSPS) is 10.3. The van der Waals surface area contributed by atoms with Crippen LogP contribution in [0.15, 0.2) is 61.2 Å². The average molecular weight is 354 g/mol. The molecular formula is C18H16ClN5O. The number of anilines is 1. The summed E-state index contributed by atoms with van der Waals surface area (Å²) < 4.78 is 0. The van der Waals surface area contributed by atoms with Crippen LogP contribution in [0.2, 0.25) is 5.02 Å². The van der Waals surface area contributed by atoms with Crippen molar-refractivity contribution in [3.8, 4) is 0 Å². The first-order valence-corrected chi connectivity index (χ1v) is 8.06. The number of carbonyl (C=O) groups is 1. The van der Waals surface area contributed by atoms with E-state index in [-0.39, 0.29) is 11.6 Å². The lowest BCUT2D eigenvalue weighted by molar-refractivity contribution is 0.0945. The van der Waals surface area contributed by atoms with Gasteiger partial charge in [0.25, 0.3) is 5.91 Å². The molecular weight excluding hydrogens is 338 g/mol. The van der Waals surface area contributed by atoms with Gasteiger partial charge in [0.1, 0.15) is 11.5 Å². The van der Waals surface area contributed by atoms with E-state index in [0.29, 0.717) is 23.9 Å². The summed E-state index contributed by atoms with van der Waals surface area (Å²) in [5.41, 5.74) is 2.31. The molecule has 25 heavy (non-hydrogen) atoms. The molecule has 7 heteroatoms. The summed E-state index contributed by atoms with van der Waals surface area (Å²) in [6.45, 7) is 1.01. The Labute approximate surface area is 150 Å². The van der Waals surface area contributed by atoms with Crippen molar-refractivity contribution >= 4 is 23.3 Å². The van der Waals surface area contributed by atoms with Crippen molar-refractivity contribution < 1.29 is 4.79 Å². The highest BCUT2D eigenvalue weighted by molar-refractivity contribution is 6.30. The Morgan fingerprint density at radius 3 is 2.32 bits per heavy atom. The minimum absolute atomic E-state index is 0.267. The van der Waals surface area contributed by atoms with Gasteiger partial charge in [-0.05, 0) is 35.4 Å². The molecule has 1 amide bonds. The van der Waals surface area contributed by atoms with Gasteiger partial charge in [0.15, 0.2) is 0 Å². The number of benzene rings is 1. The number of carbonyl (C=O) groups excluding carboxylic acids is 1. The monoisotopic (exact) mass is 353 g/mol. The van der Waals surface area contributed by atoms with E-state index < -0.39 is 0 Å². The van der Waals surface area contributed by atoms with Crippen molar-refractivity contribution in [3.63, 3.8) is 0 Å². The zero-order valence-electron chi connectivity index (χ0n) is 13.3. The van der Waals surface area contributed by atoms with Gasteiger partial charge < -0.3 is 10.6 Å². The summed E-state index contributed by atoms with van der Waals surface area (Å²) in [7, 11) is 0. The Morgan fingerprint density at radius 2 is 1.64 bits per heavy atom. The van der Waals surface area contributed by atoms with E-state index in [0.717, 1.165) is 11.1 Å². The van der Waals surface area contributed by atoms with Crippen LogP contribution in [0, 0.1) is 0 Å². The van der Waals surface area contributed by atoms with Crippen LogP contribution in [-0.2, 0) is 13.1 Å². The zero-order chi connectivity index (χ0) is 17.5. The number of rotatable bonds is 6. The third-order valence-corrected chi connectivity index (χ3v) is 3.73. The standard InChI is InChI=1S/C18H16ClN5O/c19-15-3-1-13(2-4-15)10-24-18(25)16-11-23-17(12-21-16)22-9-14-5-7-20-8-6-14/h1-8,11-12H,9-10H2,(H,22,23)(H,24,25). The molecule has 126 valence electrons. The molecule has 3 rings (SSSR count). The number of hydrogen-bond donors (Lipinski definition) is 2. The highest BCUT2D eigenvalue weighted by Crippen LogP contribution is 2.09. The fourth-order valence-corrected chi connectivity index (χ4v) is 2.23. The lowest BCUT2D eigenvalue weighted by Gasteiger charge is -2.07. The molecule has 2 heterocycles. The molecule has 0 aliphatic rings. The Balaban J connectivity index is 1.52. The van der Waals surface area contributed by atoms with E-state index in [1.165, 1.54) is 6.20 Å². The molecule has 6 nitrogen and oxygen atoms in total. The number of halogens is 1. The highest BCUT2D eigenvalue weighted by atomic mass is 35.5. The molecule has 0 unspecified atom stereocenters. The molecule has 1 aromatic carbocycles. The van der Waals surface area contributed by atoms with Crippen molar-refractivity contribution in [2.75, 3.05) is 5.32 Å². The molecule has 0 spiro atoms. The number of nitrogens with one attached hydrogen (secondary N) is 2. The van der Waals surface area contributed by atoms with E-state index >= 15 is 0 Å². The van der Waals surface area contributed by atoms with Crippen LogP contribution < -0.4 is 10.6 Å². The molecule has 0 bridgehead atoms. The quantitative estimate of drug-likeness (QED) is 0.712. The number of hydrogen-bond acceptors (Lipinski definition) is 5. The summed E-state index contributed by atoms with van der Waals surface area (Å²) in [5, 5.41) is 6.61. The summed E-state index contributed by atoms with van der Waals surface area (Å²) >= 11 is 5.84. The second kappa shape index (κ2) is 8.21. The van der Waals surface area contributed by atoms with Crippen LogP contribution in [-0.4, -0.2) is 20.9 Å². The molecule has 0 atom stereocenters. The first-order chi connectivity index (χ1) is 12.2. The van der Waals surface area contributed by atoms with Gasteiger partial charge in [-0.25, -0.2) is 9.97 Å². The van der Waals surface area contributed by atoms with Crippen molar-refractivity contribution in [3.05, 3.63) is 83.0 Å². The van der Waals surface area contributed by atoms with E-state index in [1.54, 1.807) is 30.7 Å². The Bertz CT molecular complexity index is 822. The second-order valence-electron chi connectivity index (χ2n) is 5.31. The van der Waals surface area contributed by atoms with Gasteiger partial charge in [0, 0.05) is 30.5 Å². The van der Waals surface area contributed by atoms with E-state index in [1.807, 2.05) is 24.3 Å². The number of aromatic nitrogens is 3. The van der Waals surface area contributed by atoms with Gasteiger partial charge in [-0.15, -0.1) is 0 Å². The largest absolute Gasteiger partial charge is 0.365 e. The van der Waals surface area contributed by atoms with Crippen LogP contribution in [0.4, 0.5) is 5.82 Å². The third-order valence-electron chi connectivity index (χ3n) is 3.47. The van der Waals surface area contributed by atoms with Gasteiger partial charge in [-0.3, -0.25) is 9.78 Å². The molecule has 0 radical (unpaired) electrons. The minimum atomic E-state index is -0.275. The lowest BCUT2D eigenvalue weighted by Crippen LogP contribution is -2.24. The maximum atomic E-state index is 12.1. The topological polar surface area (TPSA) is 79.8 Å². The van der Waals surface area contributed by atoms with E-state index in [9.17, 15) is 4.79 Å². The van der Waals surface area contributed by atoms with Gasteiger partial charge in [0.05, 0.1) is 12.4 Å². The van der Waals surface area contributed by atoms with Gasteiger partial charge in [-0.1, -0.05) is 23.7 Å². The van der Waals surface area contributed by atoms with Crippen molar-refractivity contribution in [1.82, 2.24) is 20.3 Å². The number of pyridine rings is 1. The van der Waals surface area contributed by atoms with Crippen LogP contribution in [0.5, 0.6) is 0 Å². The second-order valence-corrected chi connectivity index (χ2v) is 5.74. The minimum Gasteiger partial charge on any atom is -0.365 e. The Hall–Kier alpha value is -2.99. The van der Waals surface area contributed by atoms with Gasteiger partial charge in [0.2, 0.25) is 0 Å². The summed E-state index contributed by atoms with van der Waals surface area (Å²) in [6.07, 6.45) is 6.46. The molecule has 3 aromatic rings. The van der Waals surface area contributed by atoms with Crippen molar-refractivity contribution in [2.45, 2.75) is 13.1 Å². The predicted molar refractivity (Wildman–Crippen MR) is 96.2 cm³/mol. The van der Waals surface area contributed by atoms with Crippen LogP contribution in [0.1, 0.15) is 21.6 Å². The molecule has 0 fully saturated rings. The van der Waals surface area contributed by atoms with Gasteiger partial charge in [-0.2, -0.15) is 0 Å². The maximum Gasteiger partial charge on any atom is 0.271 e. The maximum absolute atomic E-state index is 12.1. The van der Waals surface area contributed by atoms with Crippen LogP contribution in [0.3, 0.4) is 0 Å². The lowest BCUT2D eigenvalue weighted by atomic mass is 10.2. The van der Waals surface area contributed by atoms with E-state index in [4.69, 9.17) is 11.6 Å². The fraction of sp³-hybridized carbons (Fsp3) is 0.111. The van der Waals surface area contributed by atoms with Gasteiger partial charge >= 0.3 is 0 Å². The first kappa shape index (κ1) is 16.9. The number of nitrogens with zero attached hydrogens (tertiary/aromatic N) is 3. The predicted octanol–water partition coefficient (Wildman–Crippen LogP) is 3.07. The molecule has 0 aliphatic heterocycles. The first-order valence-electron chi connectivity index (χ1n) is 7.68. The fourth-order valence-electron chi connectivity index (χ4n) is 2.10. The highest BCUT2D eigenvalue weighted by Gasteiger charge is 2.08. The van der Waals surface area contributed by atoms with E-state index in [2.05, 4.69) is 25.6 Å². The molecule has 0 saturated carbocycles. The summed E-state index contributed by atoms with van der Waals surface area (Å²) in [5.74, 6) is 0.328.